The molecule has 0 spiro atoms. The zero-order valence-electron chi connectivity index (χ0n) is 7.47. The van der Waals surface area contributed by atoms with E-state index in [1.54, 1.807) is 24.3 Å². The predicted octanol–water partition coefficient (Wildman–Crippen LogP) is 1.10. The lowest BCUT2D eigenvalue weighted by molar-refractivity contribution is -0.142. The third kappa shape index (κ3) is 3.37. The number of carbonyl (C=O) groups is 2. The first-order valence-corrected chi connectivity index (χ1v) is 4.06. The van der Waals surface area contributed by atoms with Gasteiger partial charge in [0.15, 0.2) is 0 Å². The summed E-state index contributed by atoms with van der Waals surface area (Å²) in [6.45, 7) is -0.126. The summed E-state index contributed by atoms with van der Waals surface area (Å²) < 4.78 is 4.87. The molecule has 1 N–H and O–H groups in total. The summed E-state index contributed by atoms with van der Waals surface area (Å²) >= 11 is 0. The maximum atomic E-state index is 10.4. The highest BCUT2D eigenvalue weighted by Gasteiger charge is 1.98. The molecular formula is C10H10O4. The number of carboxylic acids is 1. The van der Waals surface area contributed by atoms with Crippen molar-refractivity contribution in [3.63, 3.8) is 0 Å². The Hall–Kier alpha value is -1.68. The van der Waals surface area contributed by atoms with Crippen molar-refractivity contribution in [1.82, 2.24) is 0 Å². The summed E-state index contributed by atoms with van der Waals surface area (Å²) in [7, 11) is 0. The molecule has 0 radical (unpaired) electrons. The number of hydrogen-bond acceptors (Lipinski definition) is 3. The van der Waals surface area contributed by atoms with E-state index in [4.69, 9.17) is 9.84 Å². The van der Waals surface area contributed by atoms with E-state index < -0.39 is 5.97 Å². The van der Waals surface area contributed by atoms with Gasteiger partial charge in [0.25, 0.3) is 0 Å². The van der Waals surface area contributed by atoms with Crippen LogP contribution in [-0.4, -0.2) is 24.0 Å². The number of hydrogen-bond donors (Lipinski definition) is 1. The molecule has 4 nitrogen and oxygen atoms in total. The molecule has 1 aromatic rings. The third-order valence-corrected chi connectivity index (χ3v) is 1.58. The highest BCUT2D eigenvalue weighted by atomic mass is 16.5. The van der Waals surface area contributed by atoms with E-state index in [0.717, 1.165) is 11.8 Å². The zero-order valence-corrected chi connectivity index (χ0v) is 7.47. The minimum atomic E-state index is -1.00. The van der Waals surface area contributed by atoms with Gasteiger partial charge in [0.1, 0.15) is 12.9 Å². The molecule has 0 aliphatic heterocycles. The van der Waals surface area contributed by atoms with E-state index in [1.165, 1.54) is 0 Å². The van der Waals surface area contributed by atoms with E-state index in [2.05, 4.69) is 0 Å². The molecular weight excluding hydrogens is 184 g/mol. The molecule has 74 valence electrons. The van der Waals surface area contributed by atoms with Crippen molar-refractivity contribution in [3.05, 3.63) is 35.4 Å². The van der Waals surface area contributed by atoms with Crippen LogP contribution in [0.3, 0.4) is 0 Å². The molecule has 14 heavy (non-hydrogen) atoms. The van der Waals surface area contributed by atoms with Crippen LogP contribution >= 0.6 is 0 Å². The Morgan fingerprint density at radius 3 is 2.93 bits per heavy atom. The van der Waals surface area contributed by atoms with Gasteiger partial charge in [0.2, 0.25) is 0 Å². The number of aldehydes is 1. The summed E-state index contributed by atoms with van der Waals surface area (Å²) in [4.78, 5) is 20.5. The van der Waals surface area contributed by atoms with Crippen molar-refractivity contribution in [2.75, 3.05) is 6.61 Å². The summed E-state index contributed by atoms with van der Waals surface area (Å²) in [5.74, 6) is -1.00. The lowest BCUT2D eigenvalue weighted by Crippen LogP contribution is -2.06. The van der Waals surface area contributed by atoms with Crippen LogP contribution in [0.1, 0.15) is 15.9 Å². The van der Waals surface area contributed by atoms with Crippen LogP contribution in [0.4, 0.5) is 0 Å². The number of carboxylic acid groups (broad SMARTS) is 1. The Morgan fingerprint density at radius 2 is 2.29 bits per heavy atom. The van der Waals surface area contributed by atoms with Gasteiger partial charge in [0.05, 0.1) is 6.61 Å². The molecule has 0 aliphatic carbocycles. The summed E-state index contributed by atoms with van der Waals surface area (Å²) in [6.07, 6.45) is 0.737. The Kier molecular flexibility index (Phi) is 3.82. The summed E-state index contributed by atoms with van der Waals surface area (Å²) in [5, 5.41) is 8.31. The first-order valence-electron chi connectivity index (χ1n) is 4.06. The van der Waals surface area contributed by atoms with Crippen LogP contribution in [0.25, 0.3) is 0 Å². The molecule has 0 fully saturated rings. The van der Waals surface area contributed by atoms with Crippen LogP contribution < -0.4 is 0 Å². The fourth-order valence-electron chi connectivity index (χ4n) is 1.01. The normalized spacial score (nSPS) is 9.71. The molecule has 0 saturated carbocycles. The van der Waals surface area contributed by atoms with E-state index in [9.17, 15) is 9.59 Å². The van der Waals surface area contributed by atoms with Crippen LogP contribution in [0.2, 0.25) is 0 Å². The third-order valence-electron chi connectivity index (χ3n) is 1.58. The van der Waals surface area contributed by atoms with Gasteiger partial charge in [-0.3, -0.25) is 4.79 Å². The zero-order chi connectivity index (χ0) is 10.4. The highest BCUT2D eigenvalue weighted by Crippen LogP contribution is 2.04. The van der Waals surface area contributed by atoms with Gasteiger partial charge in [-0.1, -0.05) is 18.2 Å². The van der Waals surface area contributed by atoms with Crippen molar-refractivity contribution < 1.29 is 19.4 Å². The summed E-state index contributed by atoms with van der Waals surface area (Å²) in [6, 6.07) is 6.83. The standard InChI is InChI=1S/C10H10O4/c11-5-8-2-1-3-9(4-8)6-14-7-10(12)13/h1-5H,6-7H2,(H,12,13). The lowest BCUT2D eigenvalue weighted by atomic mass is 10.1. The maximum absolute atomic E-state index is 10.4. The monoisotopic (exact) mass is 194 g/mol. The minimum absolute atomic E-state index is 0.202. The first-order chi connectivity index (χ1) is 6.72. The van der Waals surface area contributed by atoms with Gasteiger partial charge in [-0.25, -0.2) is 4.79 Å². The van der Waals surface area contributed by atoms with Crippen LogP contribution in [0.15, 0.2) is 24.3 Å². The molecule has 0 heterocycles. The van der Waals surface area contributed by atoms with Crippen molar-refractivity contribution in [1.29, 1.82) is 0 Å². The summed E-state index contributed by atoms with van der Waals surface area (Å²) in [5.41, 5.74) is 1.34. The molecule has 0 aromatic heterocycles. The van der Waals surface area contributed by atoms with Crippen molar-refractivity contribution in [3.8, 4) is 0 Å². The van der Waals surface area contributed by atoms with Gasteiger partial charge in [-0.2, -0.15) is 0 Å². The van der Waals surface area contributed by atoms with E-state index >= 15 is 0 Å². The van der Waals surface area contributed by atoms with Crippen LogP contribution in [0, 0.1) is 0 Å². The van der Waals surface area contributed by atoms with E-state index in [-0.39, 0.29) is 13.2 Å². The molecule has 0 bridgehead atoms. The molecule has 0 aliphatic rings. The molecule has 1 rings (SSSR count). The second-order valence-electron chi connectivity index (χ2n) is 2.75. The number of benzene rings is 1. The van der Waals surface area contributed by atoms with Gasteiger partial charge < -0.3 is 9.84 Å². The van der Waals surface area contributed by atoms with E-state index in [1.807, 2.05) is 0 Å². The first kappa shape index (κ1) is 10.4. The average Bonchev–Trinajstić information content (AvgIpc) is 2.18. The fourth-order valence-corrected chi connectivity index (χ4v) is 1.01. The van der Waals surface area contributed by atoms with Crippen molar-refractivity contribution in [2.45, 2.75) is 6.61 Å². The average molecular weight is 194 g/mol. The van der Waals surface area contributed by atoms with Crippen molar-refractivity contribution in [2.24, 2.45) is 0 Å². The van der Waals surface area contributed by atoms with Crippen LogP contribution in [0.5, 0.6) is 0 Å². The van der Waals surface area contributed by atoms with Gasteiger partial charge in [-0.15, -0.1) is 0 Å². The maximum Gasteiger partial charge on any atom is 0.329 e. The van der Waals surface area contributed by atoms with Gasteiger partial charge in [0, 0.05) is 5.56 Å². The van der Waals surface area contributed by atoms with E-state index in [0.29, 0.717) is 5.56 Å². The largest absolute Gasteiger partial charge is 0.480 e. The predicted molar refractivity (Wildman–Crippen MR) is 49.1 cm³/mol. The van der Waals surface area contributed by atoms with Crippen molar-refractivity contribution >= 4 is 12.3 Å². The molecule has 0 unspecified atom stereocenters. The van der Waals surface area contributed by atoms with Gasteiger partial charge in [-0.05, 0) is 11.6 Å². The number of ether oxygens (including phenoxy) is 1. The SMILES string of the molecule is O=Cc1cccc(COCC(=O)O)c1. The second-order valence-corrected chi connectivity index (χ2v) is 2.75. The topological polar surface area (TPSA) is 63.6 Å². The Morgan fingerprint density at radius 1 is 1.50 bits per heavy atom. The van der Waals surface area contributed by atoms with Crippen LogP contribution in [-0.2, 0) is 16.1 Å². The molecule has 4 heteroatoms. The molecule has 0 atom stereocenters. The number of aliphatic carboxylic acids is 1. The highest BCUT2D eigenvalue weighted by molar-refractivity contribution is 5.74. The Labute approximate surface area is 81.1 Å². The Bertz CT molecular complexity index is 333. The fraction of sp³-hybridized carbons (Fsp3) is 0.200. The van der Waals surface area contributed by atoms with Gasteiger partial charge >= 0.3 is 5.97 Å². The lowest BCUT2D eigenvalue weighted by Gasteiger charge is -2.01. The quantitative estimate of drug-likeness (QED) is 0.713. The second kappa shape index (κ2) is 5.14. The molecule has 1 aromatic carbocycles. The molecule has 0 amide bonds. The number of rotatable bonds is 5. The number of carbonyl (C=O) groups excluding carboxylic acids is 1. The Balaban J connectivity index is 2.50. The molecule has 0 saturated heterocycles. The minimum Gasteiger partial charge on any atom is -0.480 e. The smallest absolute Gasteiger partial charge is 0.329 e.